The van der Waals surface area contributed by atoms with Gasteiger partial charge in [-0.05, 0) is 43.0 Å². The Bertz CT molecular complexity index is 502. The molecule has 3 heteroatoms. The molecule has 1 aliphatic carbocycles. The first-order valence-corrected chi connectivity index (χ1v) is 6.16. The number of rotatable bonds is 3. The summed E-state index contributed by atoms with van der Waals surface area (Å²) in [6.07, 6.45) is 7.61. The van der Waals surface area contributed by atoms with Gasteiger partial charge in [-0.25, -0.2) is 0 Å². The summed E-state index contributed by atoms with van der Waals surface area (Å²) in [4.78, 5) is 0. The third kappa shape index (κ3) is 1.87. The normalized spacial score (nSPS) is 15.8. The Labute approximate surface area is 101 Å². The van der Waals surface area contributed by atoms with E-state index in [1.807, 2.05) is 19.4 Å². The first kappa shape index (κ1) is 10.5. The molecular weight excluding hydrogens is 210 g/mol. The summed E-state index contributed by atoms with van der Waals surface area (Å²) < 4.78 is 0. The van der Waals surface area contributed by atoms with E-state index in [-0.39, 0.29) is 6.04 Å². The van der Waals surface area contributed by atoms with Gasteiger partial charge in [-0.1, -0.05) is 18.2 Å². The molecule has 1 unspecified atom stereocenters. The molecule has 3 rings (SSSR count). The smallest absolute Gasteiger partial charge is 0.0605 e. The lowest BCUT2D eigenvalue weighted by Crippen LogP contribution is -2.17. The maximum Gasteiger partial charge on any atom is 0.0605 e. The van der Waals surface area contributed by atoms with Gasteiger partial charge in [0.25, 0.3) is 0 Å². The second-order valence-electron chi connectivity index (χ2n) is 4.64. The van der Waals surface area contributed by atoms with Crippen LogP contribution in [0.15, 0.2) is 30.6 Å². The minimum Gasteiger partial charge on any atom is -0.309 e. The average Bonchev–Trinajstić information content (AvgIpc) is 2.99. The number of nitrogens with zero attached hydrogens (tertiary/aromatic N) is 1. The van der Waals surface area contributed by atoms with Crippen LogP contribution in [-0.4, -0.2) is 17.2 Å². The molecule has 0 saturated carbocycles. The lowest BCUT2D eigenvalue weighted by molar-refractivity contribution is 0.691. The Morgan fingerprint density at radius 3 is 2.88 bits per heavy atom. The molecule has 0 fully saturated rings. The van der Waals surface area contributed by atoms with Gasteiger partial charge in [0.2, 0.25) is 0 Å². The van der Waals surface area contributed by atoms with Crippen LogP contribution in [0.3, 0.4) is 0 Å². The molecule has 17 heavy (non-hydrogen) atoms. The predicted octanol–water partition coefficient (Wildman–Crippen LogP) is 2.21. The molecule has 0 aliphatic heterocycles. The van der Waals surface area contributed by atoms with Gasteiger partial charge in [0.05, 0.1) is 12.2 Å². The van der Waals surface area contributed by atoms with Gasteiger partial charge in [0.1, 0.15) is 0 Å². The van der Waals surface area contributed by atoms with Crippen molar-refractivity contribution in [2.24, 2.45) is 0 Å². The first-order chi connectivity index (χ1) is 8.38. The number of H-pyrrole nitrogens is 1. The van der Waals surface area contributed by atoms with Crippen molar-refractivity contribution < 1.29 is 0 Å². The van der Waals surface area contributed by atoms with Gasteiger partial charge < -0.3 is 5.32 Å². The van der Waals surface area contributed by atoms with Crippen LogP contribution in [0.4, 0.5) is 0 Å². The fraction of sp³-hybridized carbons (Fsp3) is 0.357. The quantitative estimate of drug-likeness (QED) is 0.844. The van der Waals surface area contributed by atoms with Crippen LogP contribution in [0.2, 0.25) is 0 Å². The van der Waals surface area contributed by atoms with E-state index in [4.69, 9.17) is 0 Å². The van der Waals surface area contributed by atoms with Crippen molar-refractivity contribution in [1.82, 2.24) is 15.5 Å². The van der Waals surface area contributed by atoms with Crippen molar-refractivity contribution >= 4 is 0 Å². The van der Waals surface area contributed by atoms with Crippen LogP contribution < -0.4 is 5.32 Å². The highest BCUT2D eigenvalue weighted by atomic mass is 15.1. The zero-order valence-corrected chi connectivity index (χ0v) is 10.0. The zero-order valence-electron chi connectivity index (χ0n) is 10.0. The highest BCUT2D eigenvalue weighted by molar-refractivity contribution is 5.39. The molecule has 2 N–H and O–H groups in total. The van der Waals surface area contributed by atoms with Crippen molar-refractivity contribution in [2.45, 2.75) is 25.3 Å². The molecule has 1 heterocycles. The maximum absolute atomic E-state index is 4.02. The van der Waals surface area contributed by atoms with Crippen LogP contribution in [-0.2, 0) is 12.8 Å². The lowest BCUT2D eigenvalue weighted by Gasteiger charge is -2.16. The fourth-order valence-electron chi connectivity index (χ4n) is 2.72. The van der Waals surface area contributed by atoms with Crippen molar-refractivity contribution in [1.29, 1.82) is 0 Å². The van der Waals surface area contributed by atoms with Crippen LogP contribution in [0.5, 0.6) is 0 Å². The molecule has 88 valence electrons. The van der Waals surface area contributed by atoms with E-state index in [0.29, 0.717) is 0 Å². The fourth-order valence-corrected chi connectivity index (χ4v) is 2.72. The molecule has 0 radical (unpaired) electrons. The summed E-state index contributed by atoms with van der Waals surface area (Å²) in [6, 6.07) is 7.09. The Morgan fingerprint density at radius 1 is 1.24 bits per heavy atom. The maximum atomic E-state index is 4.02. The number of hydrogen-bond donors (Lipinski definition) is 2. The Kier molecular flexibility index (Phi) is 2.69. The van der Waals surface area contributed by atoms with Gasteiger partial charge in [-0.2, -0.15) is 5.10 Å². The molecule has 0 bridgehead atoms. The van der Waals surface area contributed by atoms with Gasteiger partial charge in [0, 0.05) is 11.8 Å². The third-order valence-corrected chi connectivity index (χ3v) is 3.60. The number of aryl methyl sites for hydroxylation is 2. The standard InChI is InChI=1S/C14H17N3/c1-15-14(13-8-16-17-9-13)12-6-5-10-3-2-4-11(10)7-12/h5-9,14-15H,2-4H2,1H3,(H,16,17). The number of fused-ring (bicyclic) bond motifs is 1. The largest absolute Gasteiger partial charge is 0.309 e. The van der Waals surface area contributed by atoms with E-state index in [1.54, 1.807) is 0 Å². The molecule has 0 spiro atoms. The van der Waals surface area contributed by atoms with E-state index in [0.717, 1.165) is 0 Å². The Hall–Kier alpha value is -1.61. The van der Waals surface area contributed by atoms with Crippen LogP contribution in [0.25, 0.3) is 0 Å². The van der Waals surface area contributed by atoms with Crippen LogP contribution in [0.1, 0.15) is 34.7 Å². The lowest BCUT2D eigenvalue weighted by atomic mass is 9.98. The van der Waals surface area contributed by atoms with Crippen LogP contribution >= 0.6 is 0 Å². The molecule has 3 nitrogen and oxygen atoms in total. The summed E-state index contributed by atoms with van der Waals surface area (Å²) in [5, 5.41) is 10.3. The summed E-state index contributed by atoms with van der Waals surface area (Å²) in [6.45, 7) is 0. The Morgan fingerprint density at radius 2 is 2.12 bits per heavy atom. The molecule has 0 amide bonds. The third-order valence-electron chi connectivity index (χ3n) is 3.60. The van der Waals surface area contributed by atoms with Gasteiger partial charge in [-0.15, -0.1) is 0 Å². The number of hydrogen-bond acceptors (Lipinski definition) is 2. The number of nitrogens with one attached hydrogen (secondary N) is 2. The molecule has 0 saturated heterocycles. The summed E-state index contributed by atoms with van der Waals surface area (Å²) >= 11 is 0. The number of aromatic nitrogens is 2. The SMILES string of the molecule is CNC(c1cn[nH]c1)c1ccc2c(c1)CCC2. The van der Waals surface area contributed by atoms with E-state index >= 15 is 0 Å². The molecule has 2 aromatic rings. The predicted molar refractivity (Wildman–Crippen MR) is 68.0 cm³/mol. The number of aromatic amines is 1. The van der Waals surface area contributed by atoms with E-state index < -0.39 is 0 Å². The van der Waals surface area contributed by atoms with Gasteiger partial charge in [-0.3, -0.25) is 5.10 Å². The van der Waals surface area contributed by atoms with Crippen molar-refractivity contribution in [3.63, 3.8) is 0 Å². The highest BCUT2D eigenvalue weighted by Crippen LogP contribution is 2.27. The molecule has 1 aromatic carbocycles. The summed E-state index contributed by atoms with van der Waals surface area (Å²) in [5.74, 6) is 0. The monoisotopic (exact) mass is 227 g/mol. The molecule has 1 atom stereocenters. The van der Waals surface area contributed by atoms with Crippen molar-refractivity contribution in [3.8, 4) is 0 Å². The van der Waals surface area contributed by atoms with Crippen LogP contribution in [0, 0.1) is 0 Å². The van der Waals surface area contributed by atoms with E-state index in [9.17, 15) is 0 Å². The van der Waals surface area contributed by atoms with Crippen molar-refractivity contribution in [2.75, 3.05) is 7.05 Å². The first-order valence-electron chi connectivity index (χ1n) is 6.16. The second-order valence-corrected chi connectivity index (χ2v) is 4.64. The minimum absolute atomic E-state index is 0.236. The minimum atomic E-state index is 0.236. The molecule has 1 aliphatic rings. The topological polar surface area (TPSA) is 40.7 Å². The summed E-state index contributed by atoms with van der Waals surface area (Å²) in [7, 11) is 1.99. The van der Waals surface area contributed by atoms with Crippen molar-refractivity contribution in [3.05, 3.63) is 52.8 Å². The highest BCUT2D eigenvalue weighted by Gasteiger charge is 2.16. The number of benzene rings is 1. The Balaban J connectivity index is 1.97. The summed E-state index contributed by atoms with van der Waals surface area (Å²) in [5.41, 5.74) is 5.56. The van der Waals surface area contributed by atoms with E-state index in [1.165, 1.54) is 41.5 Å². The zero-order chi connectivity index (χ0) is 11.7. The molecule has 1 aromatic heterocycles. The van der Waals surface area contributed by atoms with Gasteiger partial charge in [0.15, 0.2) is 0 Å². The van der Waals surface area contributed by atoms with Gasteiger partial charge >= 0.3 is 0 Å². The average molecular weight is 227 g/mol. The second kappa shape index (κ2) is 4.34. The molecular formula is C14H17N3. The van der Waals surface area contributed by atoms with E-state index in [2.05, 4.69) is 33.7 Å².